The lowest BCUT2D eigenvalue weighted by atomic mass is 10.1. The number of nitrogens with two attached hydrogens (primary N) is 1. The quantitative estimate of drug-likeness (QED) is 0.781. The van der Waals surface area contributed by atoms with Gasteiger partial charge < -0.3 is 25.2 Å². The Morgan fingerprint density at radius 3 is 2.34 bits per heavy atom. The molecule has 0 bridgehead atoms. The molecule has 1 fully saturated rings. The molecule has 0 spiro atoms. The van der Waals surface area contributed by atoms with E-state index in [9.17, 15) is 4.79 Å². The summed E-state index contributed by atoms with van der Waals surface area (Å²) in [5.41, 5.74) is 8.59. The number of nitrogens with zero attached hydrogens (tertiary/aromatic N) is 5. The van der Waals surface area contributed by atoms with Crippen molar-refractivity contribution < 1.29 is 9.53 Å². The molecule has 2 N–H and O–H groups in total. The molecule has 1 saturated heterocycles. The van der Waals surface area contributed by atoms with E-state index in [1.807, 2.05) is 51.1 Å². The lowest BCUT2D eigenvalue weighted by molar-refractivity contribution is 0.0240. The summed E-state index contributed by atoms with van der Waals surface area (Å²) in [6.07, 6.45) is 0.697. The number of ether oxygens (including phenoxy) is 1. The summed E-state index contributed by atoms with van der Waals surface area (Å²) < 4.78 is 5.45. The van der Waals surface area contributed by atoms with Crippen molar-refractivity contribution in [3.05, 3.63) is 35.9 Å². The average molecular weight is 396 g/mol. The van der Waals surface area contributed by atoms with Gasteiger partial charge in [0.25, 0.3) is 0 Å². The molecular weight excluding hydrogens is 368 g/mol. The summed E-state index contributed by atoms with van der Waals surface area (Å²) in [6, 6.07) is 10.0. The third-order valence-electron chi connectivity index (χ3n) is 5.17. The number of amides is 1. The number of hydrogen-bond donors (Lipinski definition) is 1. The molecule has 8 nitrogen and oxygen atoms in total. The van der Waals surface area contributed by atoms with Crippen LogP contribution in [0, 0.1) is 0 Å². The largest absolute Gasteiger partial charge is 0.444 e. The summed E-state index contributed by atoms with van der Waals surface area (Å²) in [7, 11) is 0. The van der Waals surface area contributed by atoms with E-state index < -0.39 is 5.60 Å². The number of carbonyl (C=O) groups is 1. The fourth-order valence-electron chi connectivity index (χ4n) is 3.74. The SMILES string of the molecule is CC(C)(C)OC(=O)N1CCN(c2ccc(N3CCc4cc(N)ccc43)nn2)CC1. The van der Waals surface area contributed by atoms with E-state index in [1.165, 1.54) is 5.56 Å². The molecule has 1 amide bonds. The third kappa shape index (κ3) is 4.21. The highest BCUT2D eigenvalue weighted by Crippen LogP contribution is 2.34. The Balaban J connectivity index is 1.38. The number of rotatable bonds is 2. The fraction of sp³-hybridized carbons (Fsp3) is 0.476. The van der Waals surface area contributed by atoms with Crippen molar-refractivity contribution in [1.29, 1.82) is 0 Å². The standard InChI is InChI=1S/C21H28N6O2/c1-21(2,3)29-20(28)26-12-10-25(11-13-26)18-6-7-19(24-23-18)27-9-8-15-14-16(22)4-5-17(15)27/h4-7,14H,8-13,22H2,1-3H3. The van der Waals surface area contributed by atoms with Gasteiger partial charge in [-0.15, -0.1) is 10.2 Å². The predicted octanol–water partition coefficient (Wildman–Crippen LogP) is 2.81. The van der Waals surface area contributed by atoms with Crippen LogP contribution < -0.4 is 15.5 Å². The first-order valence-electron chi connectivity index (χ1n) is 10.0. The normalized spacial score (nSPS) is 16.7. The first kappa shape index (κ1) is 19.3. The summed E-state index contributed by atoms with van der Waals surface area (Å²) in [4.78, 5) is 18.3. The van der Waals surface area contributed by atoms with Crippen molar-refractivity contribution in [2.24, 2.45) is 0 Å². The lowest BCUT2D eigenvalue weighted by Gasteiger charge is -2.36. The van der Waals surface area contributed by atoms with E-state index in [-0.39, 0.29) is 6.09 Å². The smallest absolute Gasteiger partial charge is 0.410 e. The highest BCUT2D eigenvalue weighted by molar-refractivity contribution is 5.70. The Labute approximate surface area is 171 Å². The van der Waals surface area contributed by atoms with Gasteiger partial charge in [-0.25, -0.2) is 4.79 Å². The van der Waals surface area contributed by atoms with Crippen LogP contribution in [0.5, 0.6) is 0 Å². The van der Waals surface area contributed by atoms with E-state index in [4.69, 9.17) is 10.5 Å². The molecule has 0 saturated carbocycles. The highest BCUT2D eigenvalue weighted by Gasteiger charge is 2.27. The Kier molecular flexibility index (Phi) is 4.94. The van der Waals surface area contributed by atoms with Crippen LogP contribution in [-0.2, 0) is 11.2 Å². The Morgan fingerprint density at radius 1 is 1.00 bits per heavy atom. The highest BCUT2D eigenvalue weighted by atomic mass is 16.6. The van der Waals surface area contributed by atoms with Gasteiger partial charge in [0.1, 0.15) is 5.60 Å². The second-order valence-electron chi connectivity index (χ2n) is 8.49. The lowest BCUT2D eigenvalue weighted by Crippen LogP contribution is -2.50. The van der Waals surface area contributed by atoms with Crippen LogP contribution in [0.3, 0.4) is 0 Å². The van der Waals surface area contributed by atoms with Crippen LogP contribution in [0.2, 0.25) is 0 Å². The van der Waals surface area contributed by atoms with E-state index in [2.05, 4.69) is 20.0 Å². The molecular formula is C21H28N6O2. The maximum atomic E-state index is 12.2. The zero-order valence-electron chi connectivity index (χ0n) is 17.3. The molecule has 2 aromatic rings. The fourth-order valence-corrected chi connectivity index (χ4v) is 3.74. The van der Waals surface area contributed by atoms with Crippen LogP contribution in [0.25, 0.3) is 0 Å². The van der Waals surface area contributed by atoms with E-state index in [1.54, 1.807) is 4.90 Å². The maximum Gasteiger partial charge on any atom is 0.410 e. The topological polar surface area (TPSA) is 87.8 Å². The first-order chi connectivity index (χ1) is 13.8. The predicted molar refractivity (Wildman–Crippen MR) is 114 cm³/mol. The minimum atomic E-state index is -0.477. The number of piperazine rings is 1. The van der Waals surface area contributed by atoms with E-state index >= 15 is 0 Å². The number of anilines is 4. The summed E-state index contributed by atoms with van der Waals surface area (Å²) >= 11 is 0. The van der Waals surface area contributed by atoms with Crippen molar-refractivity contribution in [3.8, 4) is 0 Å². The van der Waals surface area contributed by atoms with Crippen molar-refractivity contribution in [2.75, 3.05) is 48.3 Å². The first-order valence-corrected chi connectivity index (χ1v) is 10.0. The van der Waals surface area contributed by atoms with Crippen molar-refractivity contribution in [2.45, 2.75) is 32.8 Å². The number of nitrogen functional groups attached to an aromatic ring is 1. The molecule has 154 valence electrons. The maximum absolute atomic E-state index is 12.2. The molecule has 2 aliphatic rings. The van der Waals surface area contributed by atoms with E-state index in [0.29, 0.717) is 26.2 Å². The molecule has 29 heavy (non-hydrogen) atoms. The monoisotopic (exact) mass is 396 g/mol. The van der Waals surface area contributed by atoms with E-state index in [0.717, 1.165) is 36.0 Å². The minimum absolute atomic E-state index is 0.257. The number of fused-ring (bicyclic) bond motifs is 1. The average Bonchev–Trinajstić information content (AvgIpc) is 3.10. The van der Waals surface area contributed by atoms with Gasteiger partial charge in [0.2, 0.25) is 0 Å². The van der Waals surface area contributed by atoms with Crippen LogP contribution in [0.15, 0.2) is 30.3 Å². The van der Waals surface area contributed by atoms with Crippen LogP contribution in [0.4, 0.5) is 27.8 Å². The van der Waals surface area contributed by atoms with Crippen molar-refractivity contribution in [3.63, 3.8) is 0 Å². The van der Waals surface area contributed by atoms with Gasteiger partial charge in [-0.3, -0.25) is 0 Å². The van der Waals surface area contributed by atoms with Gasteiger partial charge in [-0.05, 0) is 63.1 Å². The second kappa shape index (κ2) is 7.42. The molecule has 0 radical (unpaired) electrons. The van der Waals surface area contributed by atoms with Gasteiger partial charge >= 0.3 is 6.09 Å². The molecule has 0 atom stereocenters. The number of carbonyl (C=O) groups excluding carboxylic acids is 1. The number of aromatic nitrogens is 2. The number of hydrogen-bond acceptors (Lipinski definition) is 7. The Morgan fingerprint density at radius 2 is 1.69 bits per heavy atom. The minimum Gasteiger partial charge on any atom is -0.444 e. The second-order valence-corrected chi connectivity index (χ2v) is 8.49. The Bertz CT molecular complexity index is 885. The van der Waals surface area contributed by atoms with Gasteiger partial charge in [0.15, 0.2) is 11.6 Å². The molecule has 0 aliphatic carbocycles. The molecule has 3 heterocycles. The molecule has 0 unspecified atom stereocenters. The third-order valence-corrected chi connectivity index (χ3v) is 5.17. The van der Waals surface area contributed by atoms with Crippen LogP contribution in [0.1, 0.15) is 26.3 Å². The van der Waals surface area contributed by atoms with Crippen molar-refractivity contribution >= 4 is 29.1 Å². The summed E-state index contributed by atoms with van der Waals surface area (Å²) in [6.45, 7) is 9.15. The van der Waals surface area contributed by atoms with Gasteiger partial charge in [-0.2, -0.15) is 0 Å². The molecule has 1 aromatic heterocycles. The zero-order valence-corrected chi connectivity index (χ0v) is 17.3. The van der Waals surface area contributed by atoms with Crippen LogP contribution in [-0.4, -0.2) is 59.5 Å². The van der Waals surface area contributed by atoms with Crippen LogP contribution >= 0.6 is 0 Å². The molecule has 1 aromatic carbocycles. The van der Waals surface area contributed by atoms with Gasteiger partial charge in [0, 0.05) is 44.1 Å². The summed E-state index contributed by atoms with van der Waals surface area (Å²) in [5.74, 6) is 1.67. The number of benzene rings is 1. The molecule has 4 rings (SSSR count). The van der Waals surface area contributed by atoms with Gasteiger partial charge in [-0.1, -0.05) is 0 Å². The molecule has 2 aliphatic heterocycles. The molecule has 8 heteroatoms. The summed E-state index contributed by atoms with van der Waals surface area (Å²) in [5, 5.41) is 8.90. The zero-order chi connectivity index (χ0) is 20.6. The van der Waals surface area contributed by atoms with Gasteiger partial charge in [0.05, 0.1) is 0 Å². The Hall–Kier alpha value is -3.03. The van der Waals surface area contributed by atoms with Crippen molar-refractivity contribution in [1.82, 2.24) is 15.1 Å².